The molecule has 0 atom stereocenters. The Morgan fingerprint density at radius 1 is 1.21 bits per heavy atom. The molecule has 1 aliphatic carbocycles. The Labute approximate surface area is 192 Å². The lowest BCUT2D eigenvalue weighted by atomic mass is 9.80. The van der Waals surface area contributed by atoms with Crippen molar-refractivity contribution in [1.82, 2.24) is 15.5 Å². The van der Waals surface area contributed by atoms with Crippen LogP contribution < -0.4 is 10.6 Å². The normalized spacial score (nSPS) is 19.7. The number of ether oxygens (including phenoxy) is 1. The van der Waals surface area contributed by atoms with E-state index in [1.54, 1.807) is 0 Å². The van der Waals surface area contributed by atoms with E-state index in [4.69, 9.17) is 15.0 Å². The fourth-order valence-corrected chi connectivity index (χ4v) is 4.35. The van der Waals surface area contributed by atoms with Crippen molar-refractivity contribution in [2.45, 2.75) is 51.1 Å². The third kappa shape index (κ3) is 6.83. The number of rotatable bonds is 6. The number of nitriles is 1. The summed E-state index contributed by atoms with van der Waals surface area (Å²) < 4.78 is 5.59. The summed E-state index contributed by atoms with van der Waals surface area (Å²) in [5, 5.41) is 16.1. The number of guanidine groups is 1. The van der Waals surface area contributed by atoms with Crippen LogP contribution in [-0.4, -0.2) is 55.8 Å². The average Bonchev–Trinajstić information content (AvgIpc) is 2.77. The van der Waals surface area contributed by atoms with Gasteiger partial charge in [0, 0.05) is 31.7 Å². The molecule has 160 valence electrons. The van der Waals surface area contributed by atoms with Gasteiger partial charge < -0.3 is 15.4 Å². The van der Waals surface area contributed by atoms with Gasteiger partial charge in [-0.3, -0.25) is 4.90 Å². The minimum absolute atomic E-state index is 0. The van der Waals surface area contributed by atoms with Crippen molar-refractivity contribution in [2.75, 3.05) is 39.4 Å². The third-order valence-electron chi connectivity index (χ3n) is 5.87. The Morgan fingerprint density at radius 2 is 1.97 bits per heavy atom. The van der Waals surface area contributed by atoms with Crippen molar-refractivity contribution in [1.29, 1.82) is 5.26 Å². The van der Waals surface area contributed by atoms with E-state index in [-0.39, 0.29) is 29.5 Å². The van der Waals surface area contributed by atoms with Crippen molar-refractivity contribution in [3.8, 4) is 6.07 Å². The lowest BCUT2D eigenvalue weighted by Crippen LogP contribution is -2.60. The molecule has 6 nitrogen and oxygen atoms in total. The van der Waals surface area contributed by atoms with Gasteiger partial charge in [-0.25, -0.2) is 4.99 Å². The Balaban J connectivity index is 0.00000300. The SMILES string of the molecule is CCNC(=NCc1cccc(C#N)c1)NCC1(N2CCOCC2)CCCCC1.I. The number of benzene rings is 1. The molecule has 7 heteroatoms. The van der Waals surface area contributed by atoms with E-state index in [9.17, 15) is 0 Å². The molecule has 2 aliphatic rings. The predicted octanol–water partition coefficient (Wildman–Crippen LogP) is 3.27. The second-order valence-corrected chi connectivity index (χ2v) is 7.75. The monoisotopic (exact) mass is 511 g/mol. The van der Waals surface area contributed by atoms with Crippen LogP contribution in [-0.2, 0) is 11.3 Å². The standard InChI is InChI=1S/C22H33N5O.HI/c1-2-24-21(25-17-20-8-6-7-19(15-20)16-23)26-18-22(9-4-3-5-10-22)27-11-13-28-14-12-27;/h6-8,15H,2-5,9-14,17-18H2,1H3,(H2,24,25,26);1H. The van der Waals surface area contributed by atoms with E-state index in [2.05, 4.69) is 28.5 Å². The molecule has 1 saturated carbocycles. The summed E-state index contributed by atoms with van der Waals surface area (Å²) in [5.41, 5.74) is 1.94. The number of hydrogen-bond donors (Lipinski definition) is 2. The van der Waals surface area contributed by atoms with Crippen LogP contribution in [0.4, 0.5) is 0 Å². The van der Waals surface area contributed by atoms with Crippen molar-refractivity contribution < 1.29 is 4.74 Å². The van der Waals surface area contributed by atoms with E-state index in [1.807, 2.05) is 24.3 Å². The van der Waals surface area contributed by atoms with Crippen LogP contribution in [0.15, 0.2) is 29.3 Å². The van der Waals surface area contributed by atoms with Gasteiger partial charge in [0.25, 0.3) is 0 Å². The molecule has 0 amide bonds. The molecule has 1 aromatic rings. The first-order valence-corrected chi connectivity index (χ1v) is 10.6. The Hall–Kier alpha value is -1.37. The number of nitrogens with zero attached hydrogens (tertiary/aromatic N) is 3. The fraction of sp³-hybridized carbons (Fsp3) is 0.636. The molecule has 0 unspecified atom stereocenters. The average molecular weight is 511 g/mol. The summed E-state index contributed by atoms with van der Waals surface area (Å²) in [4.78, 5) is 7.40. The van der Waals surface area contributed by atoms with E-state index >= 15 is 0 Å². The van der Waals surface area contributed by atoms with Gasteiger partial charge in [0.15, 0.2) is 5.96 Å². The smallest absolute Gasteiger partial charge is 0.191 e. The molecule has 0 spiro atoms. The number of aliphatic imine (C=N–C) groups is 1. The minimum Gasteiger partial charge on any atom is -0.379 e. The molecule has 2 fully saturated rings. The fourth-order valence-electron chi connectivity index (χ4n) is 4.35. The highest BCUT2D eigenvalue weighted by Crippen LogP contribution is 2.33. The highest BCUT2D eigenvalue weighted by molar-refractivity contribution is 14.0. The summed E-state index contributed by atoms with van der Waals surface area (Å²) >= 11 is 0. The second-order valence-electron chi connectivity index (χ2n) is 7.75. The topological polar surface area (TPSA) is 72.7 Å². The van der Waals surface area contributed by atoms with Crippen molar-refractivity contribution in [3.05, 3.63) is 35.4 Å². The van der Waals surface area contributed by atoms with E-state index in [0.717, 1.165) is 50.9 Å². The summed E-state index contributed by atoms with van der Waals surface area (Å²) in [5.74, 6) is 0.850. The van der Waals surface area contributed by atoms with Crippen LogP contribution in [0.1, 0.15) is 50.2 Å². The number of hydrogen-bond acceptors (Lipinski definition) is 4. The first-order chi connectivity index (χ1) is 13.8. The van der Waals surface area contributed by atoms with Crippen molar-refractivity contribution >= 4 is 29.9 Å². The van der Waals surface area contributed by atoms with Gasteiger partial charge in [-0.2, -0.15) is 5.26 Å². The van der Waals surface area contributed by atoms with Gasteiger partial charge in [0.2, 0.25) is 0 Å². The van der Waals surface area contributed by atoms with Gasteiger partial charge in [-0.1, -0.05) is 31.4 Å². The van der Waals surface area contributed by atoms with Crippen LogP contribution >= 0.6 is 24.0 Å². The molecule has 3 rings (SSSR count). The molecule has 1 heterocycles. The first kappa shape index (κ1) is 23.9. The Morgan fingerprint density at radius 3 is 2.66 bits per heavy atom. The van der Waals surface area contributed by atoms with E-state index in [1.165, 1.54) is 32.1 Å². The minimum atomic E-state index is 0. The lowest BCUT2D eigenvalue weighted by molar-refractivity contribution is -0.0352. The maximum Gasteiger partial charge on any atom is 0.191 e. The quantitative estimate of drug-likeness (QED) is 0.349. The lowest BCUT2D eigenvalue weighted by Gasteiger charge is -2.48. The van der Waals surface area contributed by atoms with E-state index in [0.29, 0.717) is 12.1 Å². The van der Waals surface area contributed by atoms with Crippen LogP contribution in [0.2, 0.25) is 0 Å². The van der Waals surface area contributed by atoms with Crippen molar-refractivity contribution in [3.63, 3.8) is 0 Å². The number of halogens is 1. The van der Waals surface area contributed by atoms with Gasteiger partial charge >= 0.3 is 0 Å². The number of nitrogens with one attached hydrogen (secondary N) is 2. The zero-order valence-electron chi connectivity index (χ0n) is 17.5. The van der Waals surface area contributed by atoms with Crippen molar-refractivity contribution in [2.24, 2.45) is 4.99 Å². The van der Waals surface area contributed by atoms with Gasteiger partial charge in [0.05, 0.1) is 31.4 Å². The summed E-state index contributed by atoms with van der Waals surface area (Å²) in [6, 6.07) is 9.86. The summed E-state index contributed by atoms with van der Waals surface area (Å²) in [6.45, 7) is 8.12. The zero-order valence-corrected chi connectivity index (χ0v) is 19.8. The van der Waals surface area contributed by atoms with E-state index < -0.39 is 0 Å². The third-order valence-corrected chi connectivity index (χ3v) is 5.87. The Bertz CT molecular complexity index is 691. The molecule has 29 heavy (non-hydrogen) atoms. The highest BCUT2D eigenvalue weighted by Gasteiger charge is 2.38. The molecule has 0 bridgehead atoms. The molecular formula is C22H34IN5O. The number of morpholine rings is 1. The van der Waals surface area contributed by atoms with Gasteiger partial charge in [0.1, 0.15) is 0 Å². The zero-order chi connectivity index (χ0) is 19.7. The van der Waals surface area contributed by atoms with Crippen LogP contribution in [0, 0.1) is 11.3 Å². The molecule has 0 aromatic heterocycles. The van der Waals surface area contributed by atoms with Gasteiger partial charge in [-0.15, -0.1) is 24.0 Å². The largest absolute Gasteiger partial charge is 0.379 e. The molecule has 1 aromatic carbocycles. The maximum atomic E-state index is 9.08. The molecule has 2 N–H and O–H groups in total. The van der Waals surface area contributed by atoms with Crippen LogP contribution in [0.3, 0.4) is 0 Å². The van der Waals surface area contributed by atoms with Gasteiger partial charge in [-0.05, 0) is 37.5 Å². The predicted molar refractivity (Wildman–Crippen MR) is 128 cm³/mol. The second kappa shape index (κ2) is 12.4. The summed E-state index contributed by atoms with van der Waals surface area (Å²) in [7, 11) is 0. The van der Waals surface area contributed by atoms with Crippen LogP contribution in [0.5, 0.6) is 0 Å². The molecule has 0 radical (unpaired) electrons. The maximum absolute atomic E-state index is 9.08. The first-order valence-electron chi connectivity index (χ1n) is 10.6. The van der Waals surface area contributed by atoms with Crippen LogP contribution in [0.25, 0.3) is 0 Å². The molecule has 1 saturated heterocycles. The summed E-state index contributed by atoms with van der Waals surface area (Å²) in [6.07, 6.45) is 6.42. The highest BCUT2D eigenvalue weighted by atomic mass is 127. The Kier molecular flexibility index (Phi) is 10.2. The molecular weight excluding hydrogens is 477 g/mol. The molecule has 1 aliphatic heterocycles.